The van der Waals surface area contributed by atoms with Crippen molar-refractivity contribution in [3.05, 3.63) is 46.3 Å². The standard InChI is InChI=1S/C22H20N8O5S4/c1-3-35-27-13(16-26-21(23)39-28-16)17(31)25-14-18(32)30-15(20(33)34)12(9-36-19(14)30)38-22-24-11(8-37-22)10-4-6-29(2)7-5-10/h4-8,14,19H,3,9H2,1-2H3,(H3-,23,25,26,28,31,33,34)/t14-,19-/m1/s1. The number of nitrogens with two attached hydrogens (primary N) is 1. The number of carbonyl (C=O) groups is 3. The summed E-state index contributed by atoms with van der Waals surface area (Å²) in [6, 6.07) is 2.89. The van der Waals surface area contributed by atoms with Crippen molar-refractivity contribution in [2.24, 2.45) is 12.2 Å². The first kappa shape index (κ1) is 27.0. The van der Waals surface area contributed by atoms with E-state index in [-0.39, 0.29) is 34.7 Å². The number of carbonyl (C=O) groups excluding carboxylic acids is 3. The maximum Gasteiger partial charge on any atom is 0.278 e. The predicted molar refractivity (Wildman–Crippen MR) is 144 cm³/mol. The van der Waals surface area contributed by atoms with Gasteiger partial charge in [-0.15, -0.1) is 23.1 Å². The van der Waals surface area contributed by atoms with Gasteiger partial charge in [0, 0.05) is 45.3 Å². The second-order valence-electron chi connectivity index (χ2n) is 8.09. The molecule has 3 N–H and O–H groups in total. The minimum Gasteiger partial charge on any atom is -0.543 e. The summed E-state index contributed by atoms with van der Waals surface area (Å²) in [7, 11) is 1.92. The van der Waals surface area contributed by atoms with Crippen molar-refractivity contribution >= 4 is 75.0 Å². The fourth-order valence-electron chi connectivity index (χ4n) is 3.73. The Labute approximate surface area is 238 Å². The molecule has 0 aromatic carbocycles. The van der Waals surface area contributed by atoms with Gasteiger partial charge in [0.1, 0.15) is 25.1 Å². The number of β-lactam (4-membered cyclic amide) rings is 1. The van der Waals surface area contributed by atoms with Gasteiger partial charge in [0.05, 0.1) is 17.4 Å². The maximum absolute atomic E-state index is 13.1. The van der Waals surface area contributed by atoms with Crippen molar-refractivity contribution in [2.75, 3.05) is 18.1 Å². The minimum atomic E-state index is -1.48. The highest BCUT2D eigenvalue weighted by molar-refractivity contribution is 8.07. The molecular formula is C22H20N8O5S4. The number of aliphatic carboxylic acids is 1. The molecule has 2 atom stereocenters. The van der Waals surface area contributed by atoms with Crippen LogP contribution in [0.15, 0.2) is 50.0 Å². The fraction of sp³-hybridized carbons (Fsp3) is 0.273. The number of rotatable bonds is 9. The van der Waals surface area contributed by atoms with E-state index in [0.717, 1.165) is 27.7 Å². The minimum absolute atomic E-state index is 0.0374. The molecule has 2 aliphatic rings. The van der Waals surface area contributed by atoms with Gasteiger partial charge in [-0.1, -0.05) is 16.9 Å². The van der Waals surface area contributed by atoms with Crippen LogP contribution in [0.3, 0.4) is 0 Å². The lowest BCUT2D eigenvalue weighted by molar-refractivity contribution is -0.671. The van der Waals surface area contributed by atoms with Crippen LogP contribution in [0.25, 0.3) is 11.3 Å². The van der Waals surface area contributed by atoms with Gasteiger partial charge in [-0.2, -0.15) is 9.36 Å². The van der Waals surface area contributed by atoms with Crippen LogP contribution < -0.4 is 20.7 Å². The van der Waals surface area contributed by atoms with Crippen molar-refractivity contribution in [1.82, 2.24) is 24.6 Å². The molecule has 202 valence electrons. The Morgan fingerprint density at radius 1 is 1.36 bits per heavy atom. The number of hydrogen-bond acceptors (Lipinski definition) is 14. The van der Waals surface area contributed by atoms with Crippen LogP contribution >= 0.6 is 46.4 Å². The van der Waals surface area contributed by atoms with Crippen LogP contribution in [-0.2, 0) is 26.3 Å². The van der Waals surface area contributed by atoms with E-state index in [4.69, 9.17) is 10.6 Å². The normalized spacial score (nSPS) is 19.0. The molecule has 0 saturated carbocycles. The van der Waals surface area contributed by atoms with Gasteiger partial charge in [0.2, 0.25) is 11.5 Å². The van der Waals surface area contributed by atoms with Gasteiger partial charge in [0.15, 0.2) is 21.9 Å². The average molecular weight is 605 g/mol. The van der Waals surface area contributed by atoms with Crippen LogP contribution in [0.4, 0.5) is 5.13 Å². The number of oxime groups is 1. The SMILES string of the molecule is CCON=C(C(=O)N[C@@H]1C(=O)N2C(C(=O)[O-])=C(Sc3nc(-c4cc[n+](C)cc4)cs3)CS[C@H]12)c1nsc(N)n1. The molecule has 0 aliphatic carbocycles. The van der Waals surface area contributed by atoms with Gasteiger partial charge in [-0.05, 0) is 6.92 Å². The van der Waals surface area contributed by atoms with E-state index in [1.54, 1.807) is 6.92 Å². The molecule has 0 radical (unpaired) electrons. The van der Waals surface area contributed by atoms with E-state index in [1.165, 1.54) is 34.9 Å². The smallest absolute Gasteiger partial charge is 0.278 e. The van der Waals surface area contributed by atoms with E-state index in [0.29, 0.717) is 9.24 Å². The molecule has 1 saturated heterocycles. The summed E-state index contributed by atoms with van der Waals surface area (Å²) < 4.78 is 6.53. The quantitative estimate of drug-likeness (QED) is 0.145. The molecule has 5 heterocycles. The third kappa shape index (κ3) is 5.47. The molecule has 2 aliphatic heterocycles. The van der Waals surface area contributed by atoms with E-state index < -0.39 is 29.2 Å². The second kappa shape index (κ2) is 11.3. The van der Waals surface area contributed by atoms with Crippen LogP contribution in [-0.4, -0.2) is 66.5 Å². The Morgan fingerprint density at radius 3 is 2.79 bits per heavy atom. The number of hydrogen-bond donors (Lipinski definition) is 2. The van der Waals surface area contributed by atoms with Gasteiger partial charge in [-0.3, -0.25) is 14.5 Å². The number of aromatic nitrogens is 4. The van der Waals surface area contributed by atoms with Gasteiger partial charge in [0.25, 0.3) is 11.8 Å². The number of pyridine rings is 1. The zero-order chi connectivity index (χ0) is 27.7. The molecule has 3 aromatic rings. The van der Waals surface area contributed by atoms with Gasteiger partial charge >= 0.3 is 0 Å². The summed E-state index contributed by atoms with van der Waals surface area (Å²) in [6.07, 6.45) is 3.82. The molecule has 0 unspecified atom stereocenters. The number of nitrogens with zero attached hydrogens (tertiary/aromatic N) is 6. The molecule has 0 bridgehead atoms. The number of carboxylic acids is 1. The monoisotopic (exact) mass is 604 g/mol. The van der Waals surface area contributed by atoms with Crippen molar-refractivity contribution in [3.63, 3.8) is 0 Å². The molecule has 5 rings (SSSR count). The number of carboxylic acid groups (broad SMARTS) is 1. The Kier molecular flexibility index (Phi) is 7.83. The number of thiazole rings is 1. The lowest BCUT2D eigenvalue weighted by Gasteiger charge is -2.50. The predicted octanol–water partition coefficient (Wildman–Crippen LogP) is -0.0374. The van der Waals surface area contributed by atoms with Crippen LogP contribution in [0.2, 0.25) is 0 Å². The maximum atomic E-state index is 13.1. The van der Waals surface area contributed by atoms with E-state index in [2.05, 4.69) is 24.8 Å². The molecule has 1 fully saturated rings. The number of thioether (sulfide) groups is 2. The second-order valence-corrected chi connectivity index (χ2v) is 12.2. The van der Waals surface area contributed by atoms with E-state index in [9.17, 15) is 19.5 Å². The third-order valence-corrected chi connectivity index (χ3v) is 9.56. The molecule has 13 nitrogen and oxygen atoms in total. The highest BCUT2D eigenvalue weighted by Gasteiger charge is 2.53. The summed E-state index contributed by atoms with van der Waals surface area (Å²) in [5, 5.41) is 19.9. The van der Waals surface area contributed by atoms with Crippen molar-refractivity contribution in [2.45, 2.75) is 22.7 Å². The summed E-state index contributed by atoms with van der Waals surface area (Å²) in [5.74, 6) is -2.56. The number of amides is 2. The zero-order valence-corrected chi connectivity index (χ0v) is 23.7. The number of fused-ring (bicyclic) bond motifs is 1. The molecule has 3 aromatic heterocycles. The van der Waals surface area contributed by atoms with Crippen molar-refractivity contribution in [1.29, 1.82) is 0 Å². The summed E-state index contributed by atoms with van der Waals surface area (Å²) in [6.45, 7) is 1.88. The third-order valence-electron chi connectivity index (χ3n) is 5.53. The first-order valence-electron chi connectivity index (χ1n) is 11.4. The van der Waals surface area contributed by atoms with Crippen LogP contribution in [0.5, 0.6) is 0 Å². The van der Waals surface area contributed by atoms with Gasteiger partial charge in [-0.25, -0.2) is 9.55 Å². The molecular weight excluding hydrogens is 585 g/mol. The van der Waals surface area contributed by atoms with E-state index >= 15 is 0 Å². The van der Waals surface area contributed by atoms with Crippen molar-refractivity contribution in [3.8, 4) is 11.3 Å². The molecule has 17 heteroatoms. The highest BCUT2D eigenvalue weighted by atomic mass is 32.2. The highest BCUT2D eigenvalue weighted by Crippen LogP contribution is 2.45. The number of aryl methyl sites for hydroxylation is 1. The first-order chi connectivity index (χ1) is 18.8. The topological polar surface area (TPSA) is 180 Å². The molecule has 0 spiro atoms. The number of nitrogens with one attached hydrogen (secondary N) is 1. The summed E-state index contributed by atoms with van der Waals surface area (Å²) in [4.78, 5) is 53.3. The lowest BCUT2D eigenvalue weighted by Crippen LogP contribution is -2.71. The Hall–Kier alpha value is -3.54. The average Bonchev–Trinajstić information content (AvgIpc) is 3.56. The number of nitrogen functional groups attached to an aromatic ring is 1. The Bertz CT molecular complexity index is 1500. The van der Waals surface area contributed by atoms with E-state index in [1.807, 2.05) is 41.5 Å². The Morgan fingerprint density at radius 2 is 2.13 bits per heavy atom. The van der Waals surface area contributed by atoms with Crippen LogP contribution in [0.1, 0.15) is 12.7 Å². The van der Waals surface area contributed by atoms with Crippen molar-refractivity contribution < 1.29 is 28.9 Å². The first-order valence-corrected chi connectivity index (χ1v) is 14.9. The largest absolute Gasteiger partial charge is 0.543 e. The molecule has 2 amide bonds. The lowest BCUT2D eigenvalue weighted by atomic mass is 10.0. The van der Waals surface area contributed by atoms with Gasteiger partial charge < -0.3 is 25.8 Å². The summed E-state index contributed by atoms with van der Waals surface area (Å²) in [5.41, 5.74) is 6.86. The van der Waals surface area contributed by atoms with Crippen LogP contribution in [0, 0.1) is 0 Å². The number of anilines is 1. The Balaban J connectivity index is 1.32. The summed E-state index contributed by atoms with van der Waals surface area (Å²) >= 11 is 4.77. The molecule has 39 heavy (non-hydrogen) atoms. The zero-order valence-electron chi connectivity index (χ0n) is 20.4. The fourth-order valence-corrected chi connectivity index (χ4v) is 7.62.